The fraction of sp³-hybridized carbons (Fsp3) is 0.111. The van der Waals surface area contributed by atoms with Crippen LogP contribution in [0.2, 0.25) is 0 Å². The van der Waals surface area contributed by atoms with Crippen molar-refractivity contribution in [1.82, 2.24) is 9.13 Å². The Bertz CT molecular complexity index is 2330. The van der Waals surface area contributed by atoms with Crippen LogP contribution in [-0.2, 0) is 18.3 Å². The third-order valence-corrected chi connectivity index (χ3v) is 9.15. The van der Waals surface area contributed by atoms with Gasteiger partial charge < -0.3 is 9.13 Å². The molecule has 0 N–H and O–H groups in total. The van der Waals surface area contributed by atoms with Gasteiger partial charge in [0, 0.05) is 60.0 Å². The van der Waals surface area contributed by atoms with E-state index >= 15 is 0 Å². The van der Waals surface area contributed by atoms with Crippen LogP contribution in [0.1, 0.15) is 55.6 Å². The molecule has 2 nitrogen and oxygen atoms in total. The molecule has 0 saturated carbocycles. The Kier molecular flexibility index (Phi) is 5.81. The molecule has 228 valence electrons. The summed E-state index contributed by atoms with van der Waals surface area (Å²) in [5, 5.41) is 2.17. The van der Waals surface area contributed by atoms with Gasteiger partial charge in [0.05, 0.1) is 11.0 Å². The summed E-state index contributed by atoms with van der Waals surface area (Å²) >= 11 is 0. The van der Waals surface area contributed by atoms with Gasteiger partial charge >= 0.3 is 0 Å². The maximum Gasteiger partial charge on any atom is 0.0531 e. The second-order valence-electron chi connectivity index (χ2n) is 12.2. The monoisotopic (exact) mass is 612 g/mol. The van der Waals surface area contributed by atoms with Crippen LogP contribution in [0.3, 0.4) is 0 Å². The van der Waals surface area contributed by atoms with Gasteiger partial charge in [-0.15, -0.1) is 0 Å². The van der Waals surface area contributed by atoms with Crippen molar-refractivity contribution in [3.63, 3.8) is 0 Å². The Morgan fingerprint density at radius 3 is 1.23 bits per heavy atom. The second kappa shape index (κ2) is 12.0. The molecule has 0 aliphatic heterocycles. The van der Waals surface area contributed by atoms with Crippen LogP contribution in [0.25, 0.3) is 33.2 Å². The third kappa shape index (κ3) is 5.47. The van der Waals surface area contributed by atoms with Gasteiger partial charge in [-0.05, 0) is 70.8 Å². The predicted molar refractivity (Wildman–Crippen MR) is 197 cm³/mol. The molecule has 47 heavy (non-hydrogen) atoms. The molecule has 8 aromatic rings. The lowest BCUT2D eigenvalue weighted by molar-refractivity contribution is 0.640. The van der Waals surface area contributed by atoms with E-state index < -0.39 is 19.1 Å². The van der Waals surface area contributed by atoms with Gasteiger partial charge in [0.2, 0.25) is 0 Å². The SMILES string of the molecule is [2H]C([2H])([2H])C(c1ccc(-n2c(Cc3ccccc3)cc3ccccc32)cc1)(c1ccc(-n2c(Cc3ccccc3)cc3ccccc32)cc1)C([2H])([2H])[2H]. The zero-order valence-electron chi connectivity index (χ0n) is 32.0. The normalized spacial score (nSPS) is 14.2. The van der Waals surface area contributed by atoms with Crippen molar-refractivity contribution in [2.45, 2.75) is 32.0 Å². The molecule has 0 radical (unpaired) electrons. The fourth-order valence-corrected chi connectivity index (χ4v) is 6.79. The predicted octanol–water partition coefficient (Wildman–Crippen LogP) is 11.1. The Morgan fingerprint density at radius 1 is 0.447 bits per heavy atom. The molecule has 0 bridgehead atoms. The van der Waals surface area contributed by atoms with Gasteiger partial charge in [-0.1, -0.05) is 135 Å². The van der Waals surface area contributed by atoms with Crippen LogP contribution < -0.4 is 0 Å². The molecular weight excluding hydrogens is 569 g/mol. The summed E-state index contributed by atoms with van der Waals surface area (Å²) in [5.74, 6) is 0. The molecule has 2 aromatic heterocycles. The van der Waals surface area contributed by atoms with E-state index in [-0.39, 0.29) is 11.1 Å². The van der Waals surface area contributed by atoms with E-state index in [9.17, 15) is 0 Å². The zero-order valence-corrected chi connectivity index (χ0v) is 26.0. The highest BCUT2D eigenvalue weighted by Crippen LogP contribution is 2.35. The lowest BCUT2D eigenvalue weighted by Gasteiger charge is -2.27. The molecule has 8 rings (SSSR count). The number of hydrogen-bond acceptors (Lipinski definition) is 0. The van der Waals surface area contributed by atoms with Crippen LogP contribution >= 0.6 is 0 Å². The van der Waals surface area contributed by atoms with Gasteiger partial charge in [0.1, 0.15) is 0 Å². The Labute approximate surface area is 285 Å². The summed E-state index contributed by atoms with van der Waals surface area (Å²) in [5.41, 5.74) is 6.31. The molecule has 0 amide bonds. The van der Waals surface area contributed by atoms with Crippen molar-refractivity contribution in [3.8, 4) is 11.4 Å². The van der Waals surface area contributed by atoms with Crippen LogP contribution in [0.5, 0.6) is 0 Å². The van der Waals surface area contributed by atoms with Gasteiger partial charge in [0.15, 0.2) is 0 Å². The average Bonchev–Trinajstić information content (AvgIpc) is 3.69. The molecule has 2 heterocycles. The number of benzene rings is 6. The van der Waals surface area contributed by atoms with Crippen molar-refractivity contribution in [2.75, 3.05) is 0 Å². The summed E-state index contributed by atoms with van der Waals surface area (Å²) in [6.07, 6.45) is 1.39. The number of para-hydroxylation sites is 2. The number of nitrogens with zero attached hydrogens (tertiary/aromatic N) is 2. The van der Waals surface area contributed by atoms with Crippen LogP contribution in [0, 0.1) is 0 Å². The lowest BCUT2D eigenvalue weighted by atomic mass is 9.78. The standard InChI is InChI=1S/C45H38N2/c1-45(2,37-21-25-39(26-22-37)46-41(29-33-13-5-3-6-14-33)31-35-17-9-11-19-43(35)46)38-23-27-40(28-24-38)47-42(30-34-15-7-4-8-16-34)32-36-18-10-12-20-44(36)47/h3-28,31-32H,29-30H2,1-2H3/i1D3,2D3. The smallest absolute Gasteiger partial charge is 0.0531 e. The average molecular weight is 613 g/mol. The summed E-state index contributed by atoms with van der Waals surface area (Å²) in [7, 11) is 0. The largest absolute Gasteiger partial charge is 0.313 e. The van der Waals surface area contributed by atoms with Gasteiger partial charge in [-0.2, -0.15) is 0 Å². The Balaban J connectivity index is 1.23. The molecule has 0 fully saturated rings. The first kappa shape index (κ1) is 22.8. The van der Waals surface area contributed by atoms with Crippen LogP contribution in [-0.4, -0.2) is 9.13 Å². The lowest BCUT2D eigenvalue weighted by Crippen LogP contribution is -2.19. The minimum atomic E-state index is -2.90. The third-order valence-electron chi connectivity index (χ3n) is 9.15. The first-order valence-corrected chi connectivity index (χ1v) is 16.0. The van der Waals surface area contributed by atoms with Gasteiger partial charge in [-0.3, -0.25) is 0 Å². The Morgan fingerprint density at radius 2 is 0.830 bits per heavy atom. The van der Waals surface area contributed by atoms with Crippen LogP contribution in [0.15, 0.2) is 170 Å². The molecule has 0 aliphatic rings. The van der Waals surface area contributed by atoms with E-state index in [0.717, 1.165) is 44.6 Å². The molecular formula is C45H38N2. The molecule has 0 unspecified atom stereocenters. The molecule has 0 aliphatic carbocycles. The molecule has 6 aromatic carbocycles. The number of fused-ring (bicyclic) bond motifs is 2. The van der Waals surface area contributed by atoms with Crippen LogP contribution in [0.4, 0.5) is 0 Å². The number of aromatic nitrogens is 2. The number of hydrogen-bond donors (Lipinski definition) is 0. The minimum Gasteiger partial charge on any atom is -0.313 e. The van der Waals surface area contributed by atoms with E-state index in [0.29, 0.717) is 12.8 Å². The van der Waals surface area contributed by atoms with E-state index in [4.69, 9.17) is 8.22 Å². The highest BCUT2D eigenvalue weighted by molar-refractivity contribution is 5.84. The Hall–Kier alpha value is -5.60. The van der Waals surface area contributed by atoms with Crippen molar-refractivity contribution in [1.29, 1.82) is 0 Å². The fourth-order valence-electron chi connectivity index (χ4n) is 6.79. The van der Waals surface area contributed by atoms with Crippen molar-refractivity contribution < 1.29 is 8.22 Å². The topological polar surface area (TPSA) is 9.86 Å². The summed E-state index contributed by atoms with van der Waals surface area (Å²) in [4.78, 5) is 0. The summed E-state index contributed by atoms with van der Waals surface area (Å²) in [6, 6.07) is 55.2. The maximum atomic E-state index is 8.85. The molecule has 0 saturated heterocycles. The first-order valence-electron chi connectivity index (χ1n) is 19.0. The number of rotatable bonds is 8. The molecule has 2 heteroatoms. The quantitative estimate of drug-likeness (QED) is 0.162. The van der Waals surface area contributed by atoms with Crippen molar-refractivity contribution in [2.24, 2.45) is 0 Å². The first-order chi connectivity index (χ1) is 25.5. The van der Waals surface area contributed by atoms with Gasteiger partial charge in [0.25, 0.3) is 0 Å². The van der Waals surface area contributed by atoms with Crippen molar-refractivity contribution in [3.05, 3.63) is 203 Å². The zero-order chi connectivity index (χ0) is 36.8. The highest BCUT2D eigenvalue weighted by atomic mass is 15.0. The summed E-state index contributed by atoms with van der Waals surface area (Å²) < 4.78 is 57.4. The second-order valence-corrected chi connectivity index (χ2v) is 12.2. The van der Waals surface area contributed by atoms with Gasteiger partial charge in [-0.25, -0.2) is 0 Å². The van der Waals surface area contributed by atoms with E-state index in [1.165, 1.54) is 11.1 Å². The summed E-state index contributed by atoms with van der Waals surface area (Å²) in [6.45, 7) is -5.81. The highest BCUT2D eigenvalue weighted by Gasteiger charge is 2.24. The minimum absolute atomic E-state index is 0.214. The molecule has 0 atom stereocenters. The van der Waals surface area contributed by atoms with E-state index in [1.807, 2.05) is 84.9 Å². The maximum absolute atomic E-state index is 8.85. The van der Waals surface area contributed by atoms with E-state index in [2.05, 4.69) is 69.8 Å². The van der Waals surface area contributed by atoms with Crippen molar-refractivity contribution >= 4 is 21.8 Å². The van der Waals surface area contributed by atoms with E-state index in [1.54, 1.807) is 24.3 Å². The molecule has 0 spiro atoms.